The van der Waals surface area contributed by atoms with Crippen LogP contribution in [-0.2, 0) is 13.1 Å². The van der Waals surface area contributed by atoms with Crippen LogP contribution in [-0.4, -0.2) is 77.0 Å². The third-order valence-electron chi connectivity index (χ3n) is 5.84. The molecule has 2 aromatic rings. The van der Waals surface area contributed by atoms with Crippen molar-refractivity contribution >= 4 is 0 Å². The van der Waals surface area contributed by atoms with Gasteiger partial charge in [0, 0.05) is 38.4 Å². The van der Waals surface area contributed by atoms with E-state index < -0.39 is 6.10 Å². The number of hydrogen-bond donors (Lipinski definition) is 3. The number of ether oxygens (including phenoxy) is 2. The number of aryl methyl sites for hydroxylation is 3. The molecule has 1 aromatic carbocycles. The maximum atomic E-state index is 10.3. The van der Waals surface area contributed by atoms with Gasteiger partial charge in [0.1, 0.15) is 12.7 Å². The molecule has 32 heavy (non-hydrogen) atoms. The summed E-state index contributed by atoms with van der Waals surface area (Å²) in [5, 5.41) is 27.9. The summed E-state index contributed by atoms with van der Waals surface area (Å²) in [6, 6.07) is 7.99. The van der Waals surface area contributed by atoms with Crippen molar-refractivity contribution in [2.45, 2.75) is 58.4 Å². The molecular weight excluding hydrogens is 408 g/mol. The molecule has 1 atom stereocenters. The molecule has 0 saturated carbocycles. The first kappa shape index (κ1) is 24.5. The topological polar surface area (TPSA) is 92.0 Å². The Balaban J connectivity index is 1.39. The van der Waals surface area contributed by atoms with Gasteiger partial charge in [0.2, 0.25) is 0 Å². The van der Waals surface area contributed by atoms with Crippen molar-refractivity contribution < 1.29 is 19.7 Å². The maximum absolute atomic E-state index is 10.3. The first-order valence-corrected chi connectivity index (χ1v) is 11.5. The second-order valence-corrected chi connectivity index (χ2v) is 8.66. The molecular formula is C24H38N4O4. The minimum atomic E-state index is -0.585. The van der Waals surface area contributed by atoms with Crippen molar-refractivity contribution in [2.75, 3.05) is 39.9 Å². The van der Waals surface area contributed by atoms with Gasteiger partial charge in [-0.2, -0.15) is 5.10 Å². The number of piperidine rings is 1. The van der Waals surface area contributed by atoms with Crippen molar-refractivity contribution in [1.29, 1.82) is 0 Å². The molecule has 1 aliphatic heterocycles. The van der Waals surface area contributed by atoms with Crippen LogP contribution in [0.25, 0.3) is 0 Å². The minimum absolute atomic E-state index is 0.207. The van der Waals surface area contributed by atoms with Crippen LogP contribution in [0.5, 0.6) is 11.5 Å². The Kier molecular flexibility index (Phi) is 9.35. The number of aliphatic hydroxyl groups is 2. The fourth-order valence-corrected chi connectivity index (χ4v) is 4.07. The average Bonchev–Trinajstić information content (AvgIpc) is 3.10. The van der Waals surface area contributed by atoms with E-state index in [9.17, 15) is 10.2 Å². The number of hydrogen-bond acceptors (Lipinski definition) is 7. The minimum Gasteiger partial charge on any atom is -0.493 e. The highest BCUT2D eigenvalue weighted by Crippen LogP contribution is 2.28. The molecule has 3 rings (SSSR count). The van der Waals surface area contributed by atoms with Gasteiger partial charge >= 0.3 is 0 Å². The molecule has 0 amide bonds. The van der Waals surface area contributed by atoms with Gasteiger partial charge in [-0.3, -0.25) is 4.68 Å². The van der Waals surface area contributed by atoms with E-state index in [1.165, 1.54) is 5.69 Å². The molecule has 178 valence electrons. The summed E-state index contributed by atoms with van der Waals surface area (Å²) in [6.45, 7) is 9.03. The molecule has 0 spiro atoms. The monoisotopic (exact) mass is 446 g/mol. The lowest BCUT2D eigenvalue weighted by Crippen LogP contribution is -2.41. The average molecular weight is 447 g/mol. The molecule has 1 aromatic heterocycles. The van der Waals surface area contributed by atoms with Gasteiger partial charge < -0.3 is 29.9 Å². The Labute approximate surface area is 191 Å². The first-order valence-electron chi connectivity index (χ1n) is 11.5. The van der Waals surface area contributed by atoms with Gasteiger partial charge in [-0.05, 0) is 63.4 Å². The van der Waals surface area contributed by atoms with E-state index in [1.54, 1.807) is 7.11 Å². The molecule has 1 aliphatic rings. The highest BCUT2D eigenvalue weighted by molar-refractivity contribution is 5.43. The van der Waals surface area contributed by atoms with Crippen LogP contribution in [0.2, 0.25) is 0 Å². The van der Waals surface area contributed by atoms with Gasteiger partial charge in [-0.15, -0.1) is 0 Å². The van der Waals surface area contributed by atoms with Crippen molar-refractivity contribution in [2.24, 2.45) is 0 Å². The number of methoxy groups -OCH3 is 1. The number of benzene rings is 1. The van der Waals surface area contributed by atoms with Gasteiger partial charge in [0.25, 0.3) is 0 Å². The quantitative estimate of drug-likeness (QED) is 0.429. The number of β-amino-alcohol motifs (C(OH)–C–C–N with tert-alkyl or cyclic N) is 1. The van der Waals surface area contributed by atoms with E-state index in [4.69, 9.17) is 9.47 Å². The Morgan fingerprint density at radius 1 is 1.19 bits per heavy atom. The van der Waals surface area contributed by atoms with Crippen LogP contribution < -0.4 is 14.8 Å². The molecule has 0 radical (unpaired) electrons. The summed E-state index contributed by atoms with van der Waals surface area (Å²) in [5.74, 6) is 1.30. The van der Waals surface area contributed by atoms with Crippen LogP contribution in [0, 0.1) is 13.8 Å². The Hall–Kier alpha value is -2.13. The normalized spacial score (nSPS) is 16.3. The van der Waals surface area contributed by atoms with Crippen molar-refractivity contribution in [1.82, 2.24) is 20.0 Å². The number of aliphatic hydroxyl groups excluding tert-OH is 2. The molecule has 8 heteroatoms. The van der Waals surface area contributed by atoms with Crippen LogP contribution >= 0.6 is 0 Å². The van der Waals surface area contributed by atoms with Gasteiger partial charge in [0.05, 0.1) is 18.9 Å². The molecule has 0 aliphatic carbocycles. The van der Waals surface area contributed by atoms with Crippen LogP contribution in [0.3, 0.4) is 0 Å². The second kappa shape index (κ2) is 12.2. The molecule has 1 saturated heterocycles. The van der Waals surface area contributed by atoms with E-state index >= 15 is 0 Å². The zero-order valence-electron chi connectivity index (χ0n) is 19.6. The predicted octanol–water partition coefficient (Wildman–Crippen LogP) is 1.88. The first-order chi connectivity index (χ1) is 15.4. The number of likely N-dealkylation sites (tertiary alicyclic amines) is 1. The van der Waals surface area contributed by atoms with E-state index in [0.29, 0.717) is 18.0 Å². The summed E-state index contributed by atoms with van der Waals surface area (Å²) in [4.78, 5) is 2.17. The largest absolute Gasteiger partial charge is 0.493 e. The lowest BCUT2D eigenvalue weighted by Gasteiger charge is -2.30. The van der Waals surface area contributed by atoms with E-state index in [0.717, 1.165) is 63.2 Å². The third-order valence-corrected chi connectivity index (χ3v) is 5.84. The van der Waals surface area contributed by atoms with E-state index in [1.807, 2.05) is 25.1 Å². The fraction of sp³-hybridized carbons (Fsp3) is 0.625. The van der Waals surface area contributed by atoms with Gasteiger partial charge in [0.15, 0.2) is 11.5 Å². The standard InChI is InChI=1S/C24H38N4O4/c1-18-13-19(2)28(26-18)10-4-9-25-15-20-5-6-23(24(14-20)31-3)32-17-22(30)16-27-11-7-21(29)8-12-27/h5-6,13-14,21-22,25,29-30H,4,7-12,15-17H2,1-3H3/t22-/m0/s1. The third kappa shape index (κ3) is 7.48. The molecule has 1 fully saturated rings. The molecule has 0 unspecified atom stereocenters. The van der Waals surface area contributed by atoms with Crippen molar-refractivity contribution in [3.05, 3.63) is 41.2 Å². The summed E-state index contributed by atoms with van der Waals surface area (Å²) < 4.78 is 13.4. The Bertz CT molecular complexity index is 833. The van der Waals surface area contributed by atoms with Crippen LogP contribution in [0.15, 0.2) is 24.3 Å². The Morgan fingerprint density at radius 3 is 2.66 bits per heavy atom. The summed E-state index contributed by atoms with van der Waals surface area (Å²) >= 11 is 0. The van der Waals surface area contributed by atoms with Crippen LogP contribution in [0.4, 0.5) is 0 Å². The molecule has 8 nitrogen and oxygen atoms in total. The van der Waals surface area contributed by atoms with Crippen molar-refractivity contribution in [3.8, 4) is 11.5 Å². The second-order valence-electron chi connectivity index (χ2n) is 8.66. The van der Waals surface area contributed by atoms with Crippen molar-refractivity contribution in [3.63, 3.8) is 0 Å². The predicted molar refractivity (Wildman–Crippen MR) is 124 cm³/mol. The smallest absolute Gasteiger partial charge is 0.161 e. The lowest BCUT2D eigenvalue weighted by molar-refractivity contribution is 0.0333. The highest BCUT2D eigenvalue weighted by atomic mass is 16.5. The van der Waals surface area contributed by atoms with E-state index in [2.05, 4.69) is 33.0 Å². The van der Waals surface area contributed by atoms with Crippen LogP contribution in [0.1, 0.15) is 36.2 Å². The Morgan fingerprint density at radius 2 is 1.97 bits per heavy atom. The highest BCUT2D eigenvalue weighted by Gasteiger charge is 2.20. The van der Waals surface area contributed by atoms with E-state index in [-0.39, 0.29) is 12.7 Å². The number of nitrogens with one attached hydrogen (secondary N) is 1. The molecule has 3 N–H and O–H groups in total. The lowest BCUT2D eigenvalue weighted by atomic mass is 10.1. The fourth-order valence-electron chi connectivity index (χ4n) is 4.07. The van der Waals surface area contributed by atoms with Gasteiger partial charge in [-0.1, -0.05) is 6.07 Å². The zero-order chi connectivity index (χ0) is 22.9. The molecule has 0 bridgehead atoms. The SMILES string of the molecule is COc1cc(CNCCCn2nc(C)cc2C)ccc1OC[C@@H](O)CN1CCC(O)CC1. The van der Waals surface area contributed by atoms with Gasteiger partial charge in [-0.25, -0.2) is 0 Å². The maximum Gasteiger partial charge on any atom is 0.161 e. The summed E-state index contributed by atoms with van der Waals surface area (Å²) in [6.07, 6.45) is 1.74. The number of aromatic nitrogens is 2. The molecule has 2 heterocycles. The zero-order valence-corrected chi connectivity index (χ0v) is 19.6. The number of rotatable bonds is 12. The summed E-state index contributed by atoms with van der Waals surface area (Å²) in [5.41, 5.74) is 3.37. The summed E-state index contributed by atoms with van der Waals surface area (Å²) in [7, 11) is 1.63. The number of nitrogens with zero attached hydrogens (tertiary/aromatic N) is 3.